The molecule has 0 spiro atoms. The van der Waals surface area contributed by atoms with E-state index in [-0.39, 0.29) is 6.61 Å². The number of rotatable bonds is 40. The van der Waals surface area contributed by atoms with E-state index in [2.05, 4.69) is 43.5 Å². The molecule has 1 amide bonds. The number of aliphatic hydroxyl groups is 3. The van der Waals surface area contributed by atoms with Gasteiger partial charge in [0.25, 0.3) is 0 Å². The maximum Gasteiger partial charge on any atom is 0.249 e. The van der Waals surface area contributed by atoms with Crippen molar-refractivity contribution in [1.29, 1.82) is 0 Å². The molecule has 300 valence electrons. The number of hydrogen-bond donors (Lipinski definition) is 4. The Bertz CT molecular complexity index is 794. The van der Waals surface area contributed by atoms with Gasteiger partial charge in [0, 0.05) is 0 Å². The van der Waals surface area contributed by atoms with E-state index < -0.39 is 24.2 Å². The number of carbonyl (C=O) groups excluding carboxylic acids is 1. The van der Waals surface area contributed by atoms with Crippen molar-refractivity contribution < 1.29 is 20.1 Å². The fourth-order valence-electron chi connectivity index (χ4n) is 6.67. The zero-order chi connectivity index (χ0) is 37.3. The Labute approximate surface area is 317 Å². The second kappa shape index (κ2) is 41.3. The SMILES string of the molecule is CCCCCCCC/C=C\CCCCC(O)C(=O)NC(CO)C(O)/C=C/CC/C=C/CCCCCCCCCCCCCCCCCCCCC. The molecule has 0 aromatic carbocycles. The van der Waals surface area contributed by atoms with Gasteiger partial charge in [0.15, 0.2) is 0 Å². The Balaban J connectivity index is 3.68. The summed E-state index contributed by atoms with van der Waals surface area (Å²) in [4.78, 5) is 12.4. The third kappa shape index (κ3) is 36.7. The summed E-state index contributed by atoms with van der Waals surface area (Å²) in [6.45, 7) is 4.15. The minimum Gasteiger partial charge on any atom is -0.394 e. The number of amides is 1. The number of carbonyl (C=O) groups is 1. The highest BCUT2D eigenvalue weighted by molar-refractivity contribution is 5.80. The lowest BCUT2D eigenvalue weighted by Crippen LogP contribution is -2.48. The molecule has 0 rings (SSSR count). The first-order chi connectivity index (χ1) is 25.1. The first-order valence-electron chi connectivity index (χ1n) is 22.3. The van der Waals surface area contributed by atoms with E-state index in [1.807, 2.05) is 6.08 Å². The molecule has 4 N–H and O–H groups in total. The standard InChI is InChI=1S/C46H87NO4/c1-3-5-7-9-11-13-15-17-18-19-20-21-22-23-24-25-26-27-28-29-31-32-34-36-38-40-44(49)43(42-48)47-46(51)45(50)41-39-37-35-33-30-16-14-12-10-8-6-4-2/h30-33,38,40,43-45,48-50H,3-29,34-37,39,41-42H2,1-2H3,(H,47,51)/b32-31+,33-30-,40-38+. The smallest absolute Gasteiger partial charge is 0.249 e. The van der Waals surface area contributed by atoms with Gasteiger partial charge in [-0.25, -0.2) is 0 Å². The number of nitrogens with one attached hydrogen (secondary N) is 1. The van der Waals surface area contributed by atoms with Crippen LogP contribution >= 0.6 is 0 Å². The van der Waals surface area contributed by atoms with Crippen LogP contribution in [-0.4, -0.2) is 46.1 Å². The summed E-state index contributed by atoms with van der Waals surface area (Å²) in [7, 11) is 0. The molecule has 0 saturated heterocycles. The molecule has 0 aliphatic heterocycles. The van der Waals surface area contributed by atoms with Gasteiger partial charge in [-0.1, -0.05) is 204 Å². The van der Waals surface area contributed by atoms with Crippen molar-refractivity contribution in [3.05, 3.63) is 36.5 Å². The minimum atomic E-state index is -1.12. The van der Waals surface area contributed by atoms with Crippen LogP contribution in [0.2, 0.25) is 0 Å². The molecular weight excluding hydrogens is 631 g/mol. The Kier molecular flexibility index (Phi) is 40.2. The number of hydrogen-bond acceptors (Lipinski definition) is 4. The van der Waals surface area contributed by atoms with Crippen molar-refractivity contribution in [2.45, 2.75) is 244 Å². The van der Waals surface area contributed by atoms with Crippen molar-refractivity contribution in [1.82, 2.24) is 5.32 Å². The topological polar surface area (TPSA) is 89.8 Å². The molecule has 0 fully saturated rings. The van der Waals surface area contributed by atoms with Crippen molar-refractivity contribution in [3.8, 4) is 0 Å². The minimum absolute atomic E-state index is 0.382. The lowest BCUT2D eigenvalue weighted by atomic mass is 10.0. The van der Waals surface area contributed by atoms with Gasteiger partial charge >= 0.3 is 0 Å². The number of unbranched alkanes of at least 4 members (excludes halogenated alkanes) is 28. The number of allylic oxidation sites excluding steroid dienone is 5. The van der Waals surface area contributed by atoms with E-state index in [0.717, 1.165) is 44.9 Å². The molecule has 5 nitrogen and oxygen atoms in total. The molecule has 3 atom stereocenters. The lowest BCUT2D eigenvalue weighted by molar-refractivity contribution is -0.131. The maximum absolute atomic E-state index is 12.4. The monoisotopic (exact) mass is 718 g/mol. The molecule has 0 bridgehead atoms. The zero-order valence-corrected chi connectivity index (χ0v) is 34.0. The first kappa shape index (κ1) is 49.6. The Morgan fingerprint density at radius 3 is 1.20 bits per heavy atom. The van der Waals surface area contributed by atoms with Crippen molar-refractivity contribution in [2.24, 2.45) is 0 Å². The molecule has 0 aromatic rings. The van der Waals surface area contributed by atoms with E-state index in [9.17, 15) is 20.1 Å². The highest BCUT2D eigenvalue weighted by atomic mass is 16.3. The van der Waals surface area contributed by atoms with Gasteiger partial charge in [-0.2, -0.15) is 0 Å². The second-order valence-corrected chi connectivity index (χ2v) is 15.2. The third-order valence-corrected chi connectivity index (χ3v) is 10.2. The van der Waals surface area contributed by atoms with E-state index >= 15 is 0 Å². The summed E-state index contributed by atoms with van der Waals surface area (Å²) in [5.41, 5.74) is 0. The van der Waals surface area contributed by atoms with E-state index in [4.69, 9.17) is 0 Å². The average molecular weight is 718 g/mol. The van der Waals surface area contributed by atoms with E-state index in [1.54, 1.807) is 6.08 Å². The van der Waals surface area contributed by atoms with Crippen molar-refractivity contribution >= 4 is 5.91 Å². The van der Waals surface area contributed by atoms with Crippen LogP contribution in [0.15, 0.2) is 36.5 Å². The summed E-state index contributed by atoms with van der Waals surface area (Å²) in [5, 5.41) is 33.0. The largest absolute Gasteiger partial charge is 0.394 e. The molecule has 0 aliphatic carbocycles. The summed E-state index contributed by atoms with van der Waals surface area (Å²) in [5.74, 6) is -0.530. The Morgan fingerprint density at radius 1 is 0.471 bits per heavy atom. The van der Waals surface area contributed by atoms with Crippen LogP contribution in [0.3, 0.4) is 0 Å². The summed E-state index contributed by atoms with van der Waals surface area (Å²) in [6.07, 6.45) is 51.9. The fourth-order valence-corrected chi connectivity index (χ4v) is 6.67. The molecule has 3 unspecified atom stereocenters. The predicted octanol–water partition coefficient (Wildman–Crippen LogP) is 12.8. The van der Waals surface area contributed by atoms with Gasteiger partial charge in [0.05, 0.1) is 18.8 Å². The van der Waals surface area contributed by atoms with E-state index in [0.29, 0.717) is 6.42 Å². The van der Waals surface area contributed by atoms with Crippen LogP contribution in [0.5, 0.6) is 0 Å². The van der Waals surface area contributed by atoms with Crippen LogP contribution < -0.4 is 5.32 Å². The lowest BCUT2D eigenvalue weighted by Gasteiger charge is -2.21. The molecule has 0 heterocycles. The average Bonchev–Trinajstić information content (AvgIpc) is 3.13. The van der Waals surface area contributed by atoms with Gasteiger partial charge < -0.3 is 20.6 Å². The van der Waals surface area contributed by atoms with Crippen LogP contribution in [-0.2, 0) is 4.79 Å². The first-order valence-corrected chi connectivity index (χ1v) is 22.3. The van der Waals surface area contributed by atoms with Gasteiger partial charge in [0.1, 0.15) is 6.10 Å². The molecule has 51 heavy (non-hydrogen) atoms. The molecule has 0 aromatic heterocycles. The quantitative estimate of drug-likeness (QED) is 0.0375. The van der Waals surface area contributed by atoms with Crippen LogP contribution in [0.4, 0.5) is 0 Å². The Hall–Kier alpha value is -1.43. The van der Waals surface area contributed by atoms with Crippen molar-refractivity contribution in [3.63, 3.8) is 0 Å². The van der Waals surface area contributed by atoms with E-state index in [1.165, 1.54) is 161 Å². The normalized spacial score (nSPS) is 13.9. The van der Waals surface area contributed by atoms with Gasteiger partial charge in [-0.3, -0.25) is 4.79 Å². The maximum atomic E-state index is 12.4. The summed E-state index contributed by atoms with van der Waals surface area (Å²) < 4.78 is 0. The highest BCUT2D eigenvalue weighted by Gasteiger charge is 2.22. The van der Waals surface area contributed by atoms with Crippen LogP contribution in [0.25, 0.3) is 0 Å². The van der Waals surface area contributed by atoms with Crippen molar-refractivity contribution in [2.75, 3.05) is 6.61 Å². The summed E-state index contributed by atoms with van der Waals surface area (Å²) >= 11 is 0. The van der Waals surface area contributed by atoms with Gasteiger partial charge in [0.2, 0.25) is 5.91 Å². The molecule has 0 radical (unpaired) electrons. The third-order valence-electron chi connectivity index (χ3n) is 10.2. The number of aliphatic hydroxyl groups excluding tert-OH is 3. The fraction of sp³-hybridized carbons (Fsp3) is 0.848. The van der Waals surface area contributed by atoms with Gasteiger partial charge in [-0.15, -0.1) is 0 Å². The molecule has 0 aliphatic rings. The summed E-state index contributed by atoms with van der Waals surface area (Å²) in [6, 6.07) is -0.821. The predicted molar refractivity (Wildman–Crippen MR) is 222 cm³/mol. The zero-order valence-electron chi connectivity index (χ0n) is 34.0. The highest BCUT2D eigenvalue weighted by Crippen LogP contribution is 2.15. The molecule has 0 saturated carbocycles. The molecular formula is C46H87NO4. The van der Waals surface area contributed by atoms with Crippen LogP contribution in [0.1, 0.15) is 226 Å². The molecule has 5 heteroatoms. The van der Waals surface area contributed by atoms with Gasteiger partial charge in [-0.05, 0) is 57.8 Å². The second-order valence-electron chi connectivity index (χ2n) is 15.2. The van der Waals surface area contributed by atoms with Crippen LogP contribution in [0, 0.1) is 0 Å². The Morgan fingerprint density at radius 2 is 0.804 bits per heavy atom.